The number of nitrogens with zero attached hydrogens (tertiary/aromatic N) is 3. The van der Waals surface area contributed by atoms with Gasteiger partial charge in [-0.2, -0.15) is 0 Å². The van der Waals surface area contributed by atoms with Crippen molar-refractivity contribution in [2.45, 2.75) is 25.7 Å². The van der Waals surface area contributed by atoms with E-state index >= 15 is 0 Å². The molecule has 0 radical (unpaired) electrons. The fraction of sp³-hybridized carbons (Fsp3) is 0.682. The van der Waals surface area contributed by atoms with Gasteiger partial charge >= 0.3 is 0 Å². The van der Waals surface area contributed by atoms with Crippen molar-refractivity contribution in [3.63, 3.8) is 0 Å². The third kappa shape index (κ3) is 7.03. The molecule has 0 bridgehead atoms. The largest absolute Gasteiger partial charge is 0.379 e. The zero-order valence-electron chi connectivity index (χ0n) is 17.1. The molecule has 0 N–H and O–H groups in total. The lowest BCUT2D eigenvalue weighted by molar-refractivity contribution is -0.131. The molecule has 2 saturated heterocycles. The smallest absolute Gasteiger partial charge is 0.223 e. The molecule has 2 aliphatic rings. The number of rotatable bonds is 8. The van der Waals surface area contributed by atoms with Crippen LogP contribution in [0.1, 0.15) is 24.8 Å². The molecular weight excluding hydrogens is 374 g/mol. The molecule has 1 aromatic rings. The summed E-state index contributed by atoms with van der Waals surface area (Å²) in [5.41, 5.74) is 1.34. The molecule has 0 spiro atoms. The second kappa shape index (κ2) is 11.1. The molecule has 0 aliphatic carbocycles. The quantitative estimate of drug-likeness (QED) is 0.663. The molecule has 1 amide bonds. The van der Waals surface area contributed by atoms with Crippen LogP contribution in [0, 0.1) is 5.92 Å². The summed E-state index contributed by atoms with van der Waals surface area (Å²) < 4.78 is 5.37. The van der Waals surface area contributed by atoms with Crippen LogP contribution in [-0.2, 0) is 16.0 Å². The summed E-state index contributed by atoms with van der Waals surface area (Å²) in [5.74, 6) is 0.848. The first-order valence-corrected chi connectivity index (χ1v) is 11.0. The molecule has 3 rings (SSSR count). The van der Waals surface area contributed by atoms with Crippen molar-refractivity contribution < 1.29 is 9.53 Å². The Balaban J connectivity index is 1.37. The van der Waals surface area contributed by atoms with Crippen LogP contribution < -0.4 is 0 Å². The van der Waals surface area contributed by atoms with Gasteiger partial charge in [0, 0.05) is 57.8 Å². The lowest BCUT2D eigenvalue weighted by Gasteiger charge is -2.35. The van der Waals surface area contributed by atoms with Crippen molar-refractivity contribution in [1.82, 2.24) is 14.7 Å². The van der Waals surface area contributed by atoms with Crippen LogP contribution in [0.2, 0.25) is 5.02 Å². The Morgan fingerprint density at radius 2 is 1.89 bits per heavy atom. The lowest BCUT2D eigenvalue weighted by atomic mass is 9.97. The summed E-state index contributed by atoms with van der Waals surface area (Å²) in [6, 6.07) is 8.16. The van der Waals surface area contributed by atoms with Gasteiger partial charge in [0.25, 0.3) is 0 Å². The Kier molecular flexibility index (Phi) is 8.59. The average Bonchev–Trinajstić information content (AvgIpc) is 2.72. The summed E-state index contributed by atoms with van der Waals surface area (Å²) in [7, 11) is 1.97. The fourth-order valence-corrected chi connectivity index (χ4v) is 4.33. The number of hydrogen-bond donors (Lipinski definition) is 0. The summed E-state index contributed by atoms with van der Waals surface area (Å²) in [5, 5.41) is 0.795. The molecule has 0 saturated carbocycles. The standard InChI is InChI=1S/C22H34ClN3O2/c1-24(22(27)9-12-25-13-15-28-16-14-25)17-20-3-2-10-26(18-20)11-8-19-4-6-21(23)7-5-19/h4-7,20H,2-3,8-18H2,1H3/t20-/m1/s1. The van der Waals surface area contributed by atoms with Crippen molar-refractivity contribution in [3.8, 4) is 0 Å². The molecule has 1 aromatic carbocycles. The van der Waals surface area contributed by atoms with E-state index in [-0.39, 0.29) is 5.91 Å². The summed E-state index contributed by atoms with van der Waals surface area (Å²) in [6.45, 7) is 8.53. The maximum absolute atomic E-state index is 12.5. The van der Waals surface area contributed by atoms with E-state index in [1.54, 1.807) is 0 Å². The average molecular weight is 408 g/mol. The molecule has 6 heteroatoms. The molecule has 0 unspecified atom stereocenters. The SMILES string of the molecule is CN(C[C@H]1CCCN(CCc2ccc(Cl)cc2)C1)C(=O)CCN1CCOCC1. The van der Waals surface area contributed by atoms with E-state index in [2.05, 4.69) is 21.9 Å². The van der Waals surface area contributed by atoms with Crippen molar-refractivity contribution in [2.75, 3.05) is 66.1 Å². The van der Waals surface area contributed by atoms with Gasteiger partial charge < -0.3 is 14.5 Å². The van der Waals surface area contributed by atoms with Crippen molar-refractivity contribution >= 4 is 17.5 Å². The molecule has 2 fully saturated rings. The normalized spacial score (nSPS) is 21.6. The molecule has 2 heterocycles. The highest BCUT2D eigenvalue weighted by Crippen LogP contribution is 2.18. The van der Waals surface area contributed by atoms with E-state index in [0.717, 1.165) is 63.9 Å². The Hall–Kier alpha value is -1.14. The van der Waals surface area contributed by atoms with Crippen LogP contribution in [0.25, 0.3) is 0 Å². The zero-order chi connectivity index (χ0) is 19.8. The first kappa shape index (κ1) is 21.6. The van der Waals surface area contributed by atoms with Crippen LogP contribution in [0.4, 0.5) is 0 Å². The number of carbonyl (C=O) groups excluding carboxylic acids is 1. The van der Waals surface area contributed by atoms with E-state index in [4.69, 9.17) is 16.3 Å². The Bertz CT molecular complexity index is 604. The minimum absolute atomic E-state index is 0.268. The predicted octanol–water partition coefficient (Wildman–Crippen LogP) is 2.78. The highest BCUT2D eigenvalue weighted by molar-refractivity contribution is 6.30. The van der Waals surface area contributed by atoms with E-state index in [1.165, 1.54) is 24.9 Å². The lowest BCUT2D eigenvalue weighted by Crippen LogP contribution is -2.43. The van der Waals surface area contributed by atoms with Gasteiger partial charge in [0.15, 0.2) is 0 Å². The Morgan fingerprint density at radius 3 is 2.64 bits per heavy atom. The minimum Gasteiger partial charge on any atom is -0.379 e. The number of carbonyl (C=O) groups is 1. The maximum Gasteiger partial charge on any atom is 0.223 e. The second-order valence-corrected chi connectivity index (χ2v) is 8.60. The van der Waals surface area contributed by atoms with E-state index in [0.29, 0.717) is 12.3 Å². The zero-order valence-corrected chi connectivity index (χ0v) is 17.9. The first-order chi connectivity index (χ1) is 13.6. The number of piperidine rings is 1. The molecule has 28 heavy (non-hydrogen) atoms. The number of morpholine rings is 1. The number of ether oxygens (including phenoxy) is 1. The Labute approximate surface area is 174 Å². The highest BCUT2D eigenvalue weighted by Gasteiger charge is 2.23. The van der Waals surface area contributed by atoms with Gasteiger partial charge in [-0.3, -0.25) is 9.69 Å². The van der Waals surface area contributed by atoms with Crippen molar-refractivity contribution in [3.05, 3.63) is 34.9 Å². The number of hydrogen-bond acceptors (Lipinski definition) is 4. The molecule has 156 valence electrons. The number of amides is 1. The number of benzene rings is 1. The van der Waals surface area contributed by atoms with Gasteiger partial charge in [0.2, 0.25) is 5.91 Å². The molecule has 1 atom stereocenters. The van der Waals surface area contributed by atoms with Crippen LogP contribution in [0.5, 0.6) is 0 Å². The topological polar surface area (TPSA) is 36.0 Å². The van der Waals surface area contributed by atoms with Crippen molar-refractivity contribution in [1.29, 1.82) is 0 Å². The summed E-state index contributed by atoms with van der Waals surface area (Å²) >= 11 is 5.97. The van der Waals surface area contributed by atoms with Gasteiger partial charge in [-0.1, -0.05) is 23.7 Å². The van der Waals surface area contributed by atoms with E-state index < -0.39 is 0 Å². The van der Waals surface area contributed by atoms with E-state index in [9.17, 15) is 4.79 Å². The van der Waals surface area contributed by atoms with Crippen LogP contribution in [-0.4, -0.2) is 86.7 Å². The van der Waals surface area contributed by atoms with Gasteiger partial charge in [0.05, 0.1) is 13.2 Å². The van der Waals surface area contributed by atoms with Gasteiger partial charge in [0.1, 0.15) is 0 Å². The van der Waals surface area contributed by atoms with Crippen LogP contribution in [0.15, 0.2) is 24.3 Å². The number of halogens is 1. The van der Waals surface area contributed by atoms with Crippen LogP contribution >= 0.6 is 11.6 Å². The minimum atomic E-state index is 0.268. The third-order valence-electron chi connectivity index (χ3n) is 5.94. The molecule has 0 aromatic heterocycles. The number of likely N-dealkylation sites (tertiary alicyclic amines) is 1. The Morgan fingerprint density at radius 1 is 1.14 bits per heavy atom. The summed E-state index contributed by atoms with van der Waals surface area (Å²) in [4.78, 5) is 19.4. The first-order valence-electron chi connectivity index (χ1n) is 10.6. The maximum atomic E-state index is 12.5. The van der Waals surface area contributed by atoms with Crippen molar-refractivity contribution in [2.24, 2.45) is 5.92 Å². The molecule has 5 nitrogen and oxygen atoms in total. The monoisotopic (exact) mass is 407 g/mol. The van der Waals surface area contributed by atoms with E-state index in [1.807, 2.05) is 24.1 Å². The second-order valence-electron chi connectivity index (χ2n) is 8.16. The van der Waals surface area contributed by atoms with Gasteiger partial charge in [-0.05, 0) is 49.4 Å². The highest BCUT2D eigenvalue weighted by atomic mass is 35.5. The summed E-state index contributed by atoms with van der Waals surface area (Å²) in [6.07, 6.45) is 4.11. The van der Waals surface area contributed by atoms with Gasteiger partial charge in [-0.15, -0.1) is 0 Å². The molecular formula is C22H34ClN3O2. The fourth-order valence-electron chi connectivity index (χ4n) is 4.20. The molecule has 2 aliphatic heterocycles. The van der Waals surface area contributed by atoms with Crippen LogP contribution in [0.3, 0.4) is 0 Å². The third-order valence-corrected chi connectivity index (χ3v) is 6.19. The van der Waals surface area contributed by atoms with Gasteiger partial charge in [-0.25, -0.2) is 0 Å². The predicted molar refractivity (Wildman–Crippen MR) is 114 cm³/mol.